The fraction of sp³-hybridized carbons (Fsp3) is 0.154. The smallest absolute Gasteiger partial charge is 0.413 e. The predicted molar refractivity (Wildman–Crippen MR) is 70.6 cm³/mol. The molecule has 0 saturated heterocycles. The first-order valence-corrected chi connectivity index (χ1v) is 5.62. The summed E-state index contributed by atoms with van der Waals surface area (Å²) in [6, 6.07) is 7.18. The highest BCUT2D eigenvalue weighted by atomic mass is 16.5. The zero-order valence-corrected chi connectivity index (χ0v) is 10.3. The van der Waals surface area contributed by atoms with Gasteiger partial charge in [-0.3, -0.25) is 0 Å². The van der Waals surface area contributed by atoms with Crippen LogP contribution in [0.15, 0.2) is 42.7 Å². The molecule has 0 saturated carbocycles. The maximum atomic E-state index is 11.4. The topological polar surface area (TPSA) is 76.6 Å². The van der Waals surface area contributed by atoms with E-state index in [2.05, 4.69) is 4.98 Å². The van der Waals surface area contributed by atoms with E-state index in [1.165, 1.54) is 0 Å². The number of benzene rings is 1. The van der Waals surface area contributed by atoms with Crippen LogP contribution in [0.2, 0.25) is 0 Å². The Labute approximate surface area is 106 Å². The van der Waals surface area contributed by atoms with Crippen LogP contribution in [-0.2, 0) is 0 Å². The van der Waals surface area contributed by atoms with Crippen LogP contribution in [-0.4, -0.2) is 19.1 Å². The van der Waals surface area contributed by atoms with Crippen LogP contribution < -0.4 is 16.2 Å². The molecule has 2 aromatic heterocycles. The lowest BCUT2D eigenvalue weighted by molar-refractivity contribution is 0.450. The van der Waals surface area contributed by atoms with E-state index in [9.17, 15) is 9.59 Å². The fourth-order valence-corrected chi connectivity index (χ4v) is 1.92. The van der Waals surface area contributed by atoms with Crippen molar-refractivity contribution in [3.8, 4) is 0 Å². The Morgan fingerprint density at radius 2 is 1.63 bits per heavy atom. The normalized spacial score (nSPS) is 11.1. The first kappa shape index (κ1) is 11.5. The van der Waals surface area contributed by atoms with E-state index in [0.717, 1.165) is 0 Å². The minimum atomic E-state index is -1.03. The Balaban J connectivity index is 2.64. The number of hydrogen-bond acceptors (Lipinski definition) is 6. The van der Waals surface area contributed by atoms with Crippen molar-refractivity contribution < 1.29 is 8.83 Å². The van der Waals surface area contributed by atoms with Crippen LogP contribution in [0.5, 0.6) is 0 Å². The number of fused-ring (bicyclic) bond motifs is 3. The van der Waals surface area contributed by atoms with Crippen molar-refractivity contribution in [2.45, 2.75) is 0 Å². The molecule has 0 aliphatic heterocycles. The minimum absolute atomic E-state index is 0.174. The zero-order valence-electron chi connectivity index (χ0n) is 10.3. The van der Waals surface area contributed by atoms with Gasteiger partial charge in [-0.15, -0.1) is 0 Å². The van der Waals surface area contributed by atoms with Gasteiger partial charge >= 0.3 is 11.3 Å². The molecule has 0 radical (unpaired) electrons. The molecular weight excluding hydrogens is 248 g/mol. The van der Waals surface area contributed by atoms with Crippen molar-refractivity contribution in [3.05, 3.63) is 45.1 Å². The summed E-state index contributed by atoms with van der Waals surface area (Å²) in [5, 5.41) is 0.629. The molecule has 0 aliphatic carbocycles. The summed E-state index contributed by atoms with van der Waals surface area (Å²) < 4.78 is 10.1. The van der Waals surface area contributed by atoms with Crippen molar-refractivity contribution in [1.82, 2.24) is 4.98 Å². The standard InChI is InChI=1S/C13H10N2O4/c1-15(2)11-10-9(18-12(16)13(17)19-10)7-5-3-4-6-8(7)14-11/h3-6H,1-2H3. The van der Waals surface area contributed by atoms with E-state index in [4.69, 9.17) is 8.83 Å². The van der Waals surface area contributed by atoms with E-state index in [0.29, 0.717) is 16.7 Å². The minimum Gasteiger partial charge on any atom is -0.413 e. The van der Waals surface area contributed by atoms with Crippen molar-refractivity contribution in [2.75, 3.05) is 19.0 Å². The second-order valence-corrected chi connectivity index (χ2v) is 4.28. The molecule has 0 fully saturated rings. The van der Waals surface area contributed by atoms with Gasteiger partial charge < -0.3 is 13.7 Å². The average molecular weight is 258 g/mol. The molecule has 0 atom stereocenters. The van der Waals surface area contributed by atoms with Gasteiger partial charge in [0.25, 0.3) is 0 Å². The summed E-state index contributed by atoms with van der Waals surface area (Å²) in [4.78, 5) is 28.8. The van der Waals surface area contributed by atoms with Gasteiger partial charge in [0.1, 0.15) is 0 Å². The Bertz CT molecular complexity index is 892. The first-order chi connectivity index (χ1) is 9.08. The second kappa shape index (κ2) is 3.94. The molecule has 0 amide bonds. The third-order valence-corrected chi connectivity index (χ3v) is 2.76. The molecule has 3 rings (SSSR count). The van der Waals surface area contributed by atoms with E-state index in [1.807, 2.05) is 6.07 Å². The van der Waals surface area contributed by atoms with Crippen LogP contribution in [0.1, 0.15) is 0 Å². The number of anilines is 1. The largest absolute Gasteiger partial charge is 0.423 e. The van der Waals surface area contributed by atoms with Gasteiger partial charge in [-0.1, -0.05) is 12.1 Å². The summed E-state index contributed by atoms with van der Waals surface area (Å²) in [5.74, 6) is 0.439. The number of rotatable bonds is 1. The van der Waals surface area contributed by atoms with Crippen LogP contribution in [0.4, 0.5) is 5.82 Å². The zero-order chi connectivity index (χ0) is 13.6. The van der Waals surface area contributed by atoms with Gasteiger partial charge in [0, 0.05) is 19.5 Å². The second-order valence-electron chi connectivity index (χ2n) is 4.28. The lowest BCUT2D eigenvalue weighted by Gasteiger charge is -2.13. The highest BCUT2D eigenvalue weighted by molar-refractivity contribution is 6.04. The molecule has 0 N–H and O–H groups in total. The molecule has 2 heterocycles. The molecule has 0 spiro atoms. The average Bonchev–Trinajstić information content (AvgIpc) is 2.39. The van der Waals surface area contributed by atoms with Crippen LogP contribution in [0, 0.1) is 0 Å². The number of hydrogen-bond donors (Lipinski definition) is 0. The Morgan fingerprint density at radius 3 is 2.32 bits per heavy atom. The Hall–Kier alpha value is -2.63. The summed E-state index contributed by atoms with van der Waals surface area (Å²) in [5.41, 5.74) is -0.982. The fourth-order valence-electron chi connectivity index (χ4n) is 1.92. The molecule has 0 aliphatic rings. The summed E-state index contributed by atoms with van der Waals surface area (Å²) in [7, 11) is 3.53. The van der Waals surface area contributed by atoms with Gasteiger partial charge in [0.15, 0.2) is 11.4 Å². The lowest BCUT2D eigenvalue weighted by Crippen LogP contribution is -2.22. The Kier molecular flexibility index (Phi) is 2.38. The molecule has 1 aromatic carbocycles. The van der Waals surface area contributed by atoms with Crippen molar-refractivity contribution in [2.24, 2.45) is 0 Å². The third-order valence-electron chi connectivity index (χ3n) is 2.76. The summed E-state index contributed by atoms with van der Waals surface area (Å²) >= 11 is 0. The van der Waals surface area contributed by atoms with E-state index in [1.54, 1.807) is 37.2 Å². The van der Waals surface area contributed by atoms with Crippen LogP contribution >= 0.6 is 0 Å². The molecule has 0 unspecified atom stereocenters. The molecule has 96 valence electrons. The molecule has 6 nitrogen and oxygen atoms in total. The van der Waals surface area contributed by atoms with E-state index < -0.39 is 11.3 Å². The first-order valence-electron chi connectivity index (χ1n) is 5.62. The molecule has 3 aromatic rings. The highest BCUT2D eigenvalue weighted by Gasteiger charge is 2.16. The predicted octanol–water partition coefficient (Wildman–Crippen LogP) is 1.36. The molecule has 0 bridgehead atoms. The van der Waals surface area contributed by atoms with Crippen molar-refractivity contribution >= 4 is 27.9 Å². The highest BCUT2D eigenvalue weighted by Crippen LogP contribution is 2.28. The van der Waals surface area contributed by atoms with Crippen molar-refractivity contribution in [3.63, 3.8) is 0 Å². The monoisotopic (exact) mass is 258 g/mol. The maximum absolute atomic E-state index is 11.4. The van der Waals surface area contributed by atoms with E-state index in [-0.39, 0.29) is 11.2 Å². The lowest BCUT2D eigenvalue weighted by atomic mass is 10.2. The number of aromatic nitrogens is 1. The molecular formula is C13H10N2O4. The van der Waals surface area contributed by atoms with Gasteiger partial charge in [-0.25, -0.2) is 14.6 Å². The molecule has 19 heavy (non-hydrogen) atoms. The van der Waals surface area contributed by atoms with E-state index >= 15 is 0 Å². The number of nitrogens with zero attached hydrogens (tertiary/aromatic N) is 2. The van der Waals surface area contributed by atoms with Gasteiger partial charge in [0.2, 0.25) is 5.58 Å². The van der Waals surface area contributed by atoms with Crippen LogP contribution in [0.25, 0.3) is 22.1 Å². The van der Waals surface area contributed by atoms with Gasteiger partial charge in [-0.05, 0) is 12.1 Å². The summed E-state index contributed by atoms with van der Waals surface area (Å²) in [6.07, 6.45) is 0. The summed E-state index contributed by atoms with van der Waals surface area (Å²) in [6.45, 7) is 0. The van der Waals surface area contributed by atoms with Crippen LogP contribution in [0.3, 0.4) is 0 Å². The SMILES string of the molecule is CN(C)c1nc2ccccc2c2oc(=O)c(=O)oc12. The van der Waals surface area contributed by atoms with Crippen molar-refractivity contribution in [1.29, 1.82) is 0 Å². The van der Waals surface area contributed by atoms with Gasteiger partial charge in [0.05, 0.1) is 5.52 Å². The third kappa shape index (κ3) is 1.69. The number of pyridine rings is 1. The Morgan fingerprint density at radius 1 is 1.00 bits per heavy atom. The number of para-hydroxylation sites is 1. The maximum Gasteiger partial charge on any atom is 0.423 e. The molecule has 6 heteroatoms. The quantitative estimate of drug-likeness (QED) is 0.484. The van der Waals surface area contributed by atoms with Gasteiger partial charge in [-0.2, -0.15) is 0 Å².